The first kappa shape index (κ1) is 26.5. The molecule has 0 unspecified atom stereocenters. The highest BCUT2D eigenvalue weighted by atomic mass is 35.5. The van der Waals surface area contributed by atoms with Gasteiger partial charge in [-0.2, -0.15) is 0 Å². The Bertz CT molecular complexity index is 1070. The van der Waals surface area contributed by atoms with Crippen molar-refractivity contribution in [1.29, 1.82) is 0 Å². The molecule has 2 aromatic rings. The second-order valence-electron chi connectivity index (χ2n) is 8.08. The first-order valence-electron chi connectivity index (χ1n) is 10.2. The van der Waals surface area contributed by atoms with Crippen LogP contribution in [-0.2, 0) is 10.0 Å². The smallest absolute Gasteiger partial charge is 0.255 e. The zero-order valence-electron chi connectivity index (χ0n) is 18.2. The molecule has 32 heavy (non-hydrogen) atoms. The summed E-state index contributed by atoms with van der Waals surface area (Å²) in [7, 11) is -2.09. The molecular formula is C22H28Cl2FN3O3S. The fraction of sp³-hybridized carbons (Fsp3) is 0.409. The highest BCUT2D eigenvalue weighted by Crippen LogP contribution is 2.29. The van der Waals surface area contributed by atoms with E-state index in [9.17, 15) is 17.6 Å². The maximum Gasteiger partial charge on any atom is 0.255 e. The van der Waals surface area contributed by atoms with Gasteiger partial charge in [-0.05, 0) is 70.4 Å². The summed E-state index contributed by atoms with van der Waals surface area (Å²) in [6.45, 7) is 5.37. The van der Waals surface area contributed by atoms with Crippen LogP contribution < -0.4 is 10.0 Å². The highest BCUT2D eigenvalue weighted by molar-refractivity contribution is 7.89. The Kier molecular flexibility index (Phi) is 9.07. The number of hydrogen-bond acceptors (Lipinski definition) is 4. The molecule has 0 spiro atoms. The summed E-state index contributed by atoms with van der Waals surface area (Å²) in [6.07, 6.45) is 1.74. The third kappa shape index (κ3) is 6.20. The van der Waals surface area contributed by atoms with Gasteiger partial charge in [0.05, 0.1) is 10.7 Å². The Labute approximate surface area is 200 Å². The number of amides is 1. The molecule has 0 aliphatic carbocycles. The fourth-order valence-corrected chi connectivity index (χ4v) is 5.45. The van der Waals surface area contributed by atoms with Gasteiger partial charge in [-0.3, -0.25) is 4.79 Å². The lowest BCUT2D eigenvalue weighted by Gasteiger charge is -2.32. The minimum atomic E-state index is -4.12. The summed E-state index contributed by atoms with van der Waals surface area (Å²) in [6, 6.07) is 8.58. The molecule has 1 atom stereocenters. The Balaban J connectivity index is 0.00000363. The summed E-state index contributed by atoms with van der Waals surface area (Å²) in [5, 5.41) is 2.49. The number of sulfonamides is 1. The van der Waals surface area contributed by atoms with E-state index in [1.54, 1.807) is 38.1 Å². The Morgan fingerprint density at radius 2 is 1.84 bits per heavy atom. The number of benzene rings is 2. The first-order chi connectivity index (χ1) is 14.6. The van der Waals surface area contributed by atoms with Gasteiger partial charge in [0.2, 0.25) is 10.0 Å². The van der Waals surface area contributed by atoms with Crippen LogP contribution in [0, 0.1) is 18.7 Å². The fourth-order valence-electron chi connectivity index (χ4n) is 3.78. The van der Waals surface area contributed by atoms with E-state index in [4.69, 9.17) is 11.6 Å². The Hall–Kier alpha value is -1.71. The van der Waals surface area contributed by atoms with Gasteiger partial charge in [0, 0.05) is 17.7 Å². The van der Waals surface area contributed by atoms with E-state index in [1.807, 2.05) is 7.05 Å². The van der Waals surface area contributed by atoms with E-state index in [1.165, 1.54) is 0 Å². The molecule has 0 aromatic heterocycles. The highest BCUT2D eigenvalue weighted by Gasteiger charge is 2.29. The van der Waals surface area contributed by atoms with Crippen LogP contribution >= 0.6 is 24.0 Å². The zero-order chi connectivity index (χ0) is 22.8. The van der Waals surface area contributed by atoms with E-state index < -0.39 is 26.6 Å². The van der Waals surface area contributed by atoms with E-state index >= 15 is 0 Å². The van der Waals surface area contributed by atoms with E-state index in [2.05, 4.69) is 14.9 Å². The van der Waals surface area contributed by atoms with Crippen molar-refractivity contribution in [2.24, 2.45) is 5.92 Å². The summed E-state index contributed by atoms with van der Waals surface area (Å²) in [5.74, 6) is -1.26. The summed E-state index contributed by atoms with van der Waals surface area (Å²) in [4.78, 5) is 14.2. The maximum atomic E-state index is 14.8. The van der Waals surface area contributed by atoms with Crippen LogP contribution in [0.3, 0.4) is 0 Å². The normalized spacial score (nSPS) is 16.3. The van der Waals surface area contributed by atoms with Crippen molar-refractivity contribution in [3.05, 3.63) is 58.4 Å². The van der Waals surface area contributed by atoms with Crippen molar-refractivity contribution in [2.75, 3.05) is 25.5 Å². The van der Waals surface area contributed by atoms with Crippen LogP contribution in [0.5, 0.6) is 0 Å². The van der Waals surface area contributed by atoms with Crippen LogP contribution in [0.1, 0.15) is 35.7 Å². The van der Waals surface area contributed by atoms with Gasteiger partial charge in [-0.15, -0.1) is 12.4 Å². The van der Waals surface area contributed by atoms with Crippen LogP contribution in [0.25, 0.3) is 0 Å². The lowest BCUT2D eigenvalue weighted by Crippen LogP contribution is -2.43. The molecule has 1 aliphatic heterocycles. The molecule has 1 fully saturated rings. The van der Waals surface area contributed by atoms with Crippen molar-refractivity contribution in [3.63, 3.8) is 0 Å². The van der Waals surface area contributed by atoms with Crippen LogP contribution in [0.15, 0.2) is 41.3 Å². The van der Waals surface area contributed by atoms with Crippen LogP contribution in [0.2, 0.25) is 5.02 Å². The number of carbonyl (C=O) groups excluding carboxylic acids is 1. The summed E-state index contributed by atoms with van der Waals surface area (Å²) in [5.41, 5.74) is 1.18. The number of aryl methyl sites for hydroxylation is 1. The van der Waals surface area contributed by atoms with Crippen molar-refractivity contribution < 1.29 is 17.6 Å². The molecule has 6 nitrogen and oxygen atoms in total. The number of hydrogen-bond donors (Lipinski definition) is 2. The van der Waals surface area contributed by atoms with E-state index in [0.717, 1.165) is 43.6 Å². The molecule has 2 aromatic carbocycles. The molecular weight excluding hydrogens is 476 g/mol. The van der Waals surface area contributed by atoms with Gasteiger partial charge < -0.3 is 10.2 Å². The number of rotatable bonds is 6. The van der Waals surface area contributed by atoms with Gasteiger partial charge in [-0.25, -0.2) is 17.5 Å². The quantitative estimate of drug-likeness (QED) is 0.609. The van der Waals surface area contributed by atoms with Gasteiger partial charge in [-0.1, -0.05) is 29.8 Å². The largest absolute Gasteiger partial charge is 0.321 e. The molecule has 10 heteroatoms. The number of nitrogens with one attached hydrogen (secondary N) is 2. The van der Waals surface area contributed by atoms with Crippen molar-refractivity contribution in [3.8, 4) is 0 Å². The third-order valence-electron chi connectivity index (χ3n) is 5.76. The van der Waals surface area contributed by atoms with E-state index in [0.29, 0.717) is 5.56 Å². The van der Waals surface area contributed by atoms with E-state index in [-0.39, 0.29) is 35.1 Å². The predicted octanol–water partition coefficient (Wildman–Crippen LogP) is 4.47. The second kappa shape index (κ2) is 10.9. The van der Waals surface area contributed by atoms with Gasteiger partial charge >= 0.3 is 0 Å². The maximum absolute atomic E-state index is 14.8. The van der Waals surface area contributed by atoms with Crippen molar-refractivity contribution >= 4 is 45.6 Å². The molecule has 0 bridgehead atoms. The van der Waals surface area contributed by atoms with Gasteiger partial charge in [0.25, 0.3) is 5.91 Å². The molecule has 0 saturated carbocycles. The molecule has 1 amide bonds. The zero-order valence-corrected chi connectivity index (χ0v) is 20.6. The van der Waals surface area contributed by atoms with Crippen molar-refractivity contribution in [2.45, 2.75) is 37.6 Å². The lowest BCUT2D eigenvalue weighted by molar-refractivity contribution is 0.102. The molecule has 1 aliphatic rings. The second-order valence-corrected chi connectivity index (χ2v) is 10.2. The molecule has 0 radical (unpaired) electrons. The third-order valence-corrected chi connectivity index (χ3v) is 7.65. The monoisotopic (exact) mass is 503 g/mol. The number of nitrogens with zero attached hydrogens (tertiary/aromatic N) is 1. The average Bonchev–Trinajstić information content (AvgIpc) is 2.70. The number of likely N-dealkylation sites (tertiary alicyclic amines) is 1. The number of halogens is 3. The molecule has 1 saturated heterocycles. The average molecular weight is 504 g/mol. The Morgan fingerprint density at radius 1 is 1.22 bits per heavy atom. The van der Waals surface area contributed by atoms with Gasteiger partial charge in [0.15, 0.2) is 0 Å². The Morgan fingerprint density at radius 3 is 2.47 bits per heavy atom. The standard InChI is InChI=1S/C22H27ClFN3O3S.ClH/c1-14-6-4-5-7-17(14)22(28)25-20-13-19(24)21(12-18(20)23)31(29,30)26-15(2)16-8-10-27(3)11-9-16;/h4-7,12-13,15-16,26H,8-11H2,1-3H3,(H,25,28);1H/t15-;/m1./s1. The van der Waals surface area contributed by atoms with Gasteiger partial charge in [0.1, 0.15) is 10.7 Å². The summed E-state index contributed by atoms with van der Waals surface area (Å²) < 4.78 is 43.0. The summed E-state index contributed by atoms with van der Waals surface area (Å²) >= 11 is 6.20. The molecule has 2 N–H and O–H groups in total. The molecule has 176 valence electrons. The minimum Gasteiger partial charge on any atom is -0.321 e. The first-order valence-corrected chi connectivity index (χ1v) is 12.0. The number of anilines is 1. The molecule has 1 heterocycles. The van der Waals surface area contributed by atoms with Crippen LogP contribution in [0.4, 0.5) is 10.1 Å². The topological polar surface area (TPSA) is 78.5 Å². The number of carbonyl (C=O) groups is 1. The SMILES string of the molecule is Cc1ccccc1C(=O)Nc1cc(F)c(S(=O)(=O)N[C@H](C)C2CCN(C)CC2)cc1Cl.Cl. The molecule has 3 rings (SSSR count). The van der Waals surface area contributed by atoms with Crippen molar-refractivity contribution in [1.82, 2.24) is 9.62 Å². The minimum absolute atomic E-state index is 0. The lowest BCUT2D eigenvalue weighted by atomic mass is 9.91. The predicted molar refractivity (Wildman–Crippen MR) is 128 cm³/mol. The van der Waals surface area contributed by atoms with Crippen LogP contribution in [-0.4, -0.2) is 45.4 Å². The number of piperidine rings is 1.